The molecule has 0 heterocycles. The summed E-state index contributed by atoms with van der Waals surface area (Å²) in [5.74, 6) is -0.889. The van der Waals surface area contributed by atoms with Gasteiger partial charge in [0.05, 0.1) is 0 Å². The van der Waals surface area contributed by atoms with E-state index in [1.165, 1.54) is 186 Å². The number of rotatable bonds is 57. The van der Waals surface area contributed by atoms with Gasteiger partial charge in [-0.25, -0.2) is 0 Å². The van der Waals surface area contributed by atoms with Gasteiger partial charge in [-0.05, 0) is 83.5 Å². The first kappa shape index (κ1) is 69.1. The topological polar surface area (TPSA) is 78.9 Å². The lowest BCUT2D eigenvalue weighted by atomic mass is 10.0. The Kier molecular flexibility index (Phi) is 58.2. The fourth-order valence-electron chi connectivity index (χ4n) is 9.08. The molecular formula is C66H118O6. The number of carbonyl (C=O) groups is 3. The van der Waals surface area contributed by atoms with E-state index in [2.05, 4.69) is 81.5 Å². The third-order valence-corrected chi connectivity index (χ3v) is 13.8. The van der Waals surface area contributed by atoms with Gasteiger partial charge in [-0.2, -0.15) is 0 Å². The van der Waals surface area contributed by atoms with Gasteiger partial charge in [0.15, 0.2) is 6.10 Å². The van der Waals surface area contributed by atoms with Crippen molar-refractivity contribution < 1.29 is 28.6 Å². The van der Waals surface area contributed by atoms with Crippen molar-refractivity contribution in [2.45, 2.75) is 329 Å². The fourth-order valence-corrected chi connectivity index (χ4v) is 9.08. The highest BCUT2D eigenvalue weighted by Gasteiger charge is 2.19. The maximum absolute atomic E-state index is 12.8. The van der Waals surface area contributed by atoms with Gasteiger partial charge in [0.1, 0.15) is 13.2 Å². The van der Waals surface area contributed by atoms with Crippen LogP contribution in [0.3, 0.4) is 0 Å². The van der Waals surface area contributed by atoms with Crippen molar-refractivity contribution in [2.75, 3.05) is 13.2 Å². The fraction of sp³-hybridized carbons (Fsp3) is 0.803. The highest BCUT2D eigenvalue weighted by Crippen LogP contribution is 2.17. The molecule has 0 aliphatic carbocycles. The van der Waals surface area contributed by atoms with Gasteiger partial charge in [-0.1, -0.05) is 281 Å². The Balaban J connectivity index is 4.04. The molecule has 0 amide bonds. The molecule has 0 spiro atoms. The molecule has 0 aliphatic rings. The summed E-state index contributed by atoms with van der Waals surface area (Å²) < 4.78 is 16.8. The molecule has 1 unspecified atom stereocenters. The molecule has 0 radical (unpaired) electrons. The van der Waals surface area contributed by atoms with Crippen LogP contribution in [0, 0.1) is 0 Å². The first-order valence-corrected chi connectivity index (χ1v) is 31.3. The first-order chi connectivity index (χ1) is 35.5. The predicted octanol–water partition coefficient (Wildman–Crippen LogP) is 21.2. The van der Waals surface area contributed by atoms with Crippen LogP contribution in [0.2, 0.25) is 0 Å². The third kappa shape index (κ3) is 58.0. The van der Waals surface area contributed by atoms with E-state index in [1.807, 2.05) is 0 Å². The predicted molar refractivity (Wildman–Crippen MR) is 312 cm³/mol. The summed E-state index contributed by atoms with van der Waals surface area (Å²) in [5.41, 5.74) is 0. The highest BCUT2D eigenvalue weighted by atomic mass is 16.6. The lowest BCUT2D eigenvalue weighted by molar-refractivity contribution is -0.167. The maximum Gasteiger partial charge on any atom is 0.306 e. The van der Waals surface area contributed by atoms with Crippen LogP contribution in [0.5, 0.6) is 0 Å². The molecule has 0 aromatic heterocycles. The minimum atomic E-state index is -0.778. The zero-order valence-corrected chi connectivity index (χ0v) is 47.9. The van der Waals surface area contributed by atoms with Gasteiger partial charge in [-0.15, -0.1) is 0 Å². The van der Waals surface area contributed by atoms with E-state index >= 15 is 0 Å². The van der Waals surface area contributed by atoms with Gasteiger partial charge in [0, 0.05) is 19.3 Å². The monoisotopic (exact) mass is 1010 g/mol. The molecule has 0 fully saturated rings. The van der Waals surface area contributed by atoms with Crippen molar-refractivity contribution in [1.82, 2.24) is 0 Å². The lowest BCUT2D eigenvalue weighted by Gasteiger charge is -2.18. The number of allylic oxidation sites excluding steroid dienone is 10. The Labute approximate surface area is 447 Å². The number of ether oxygens (including phenoxy) is 3. The van der Waals surface area contributed by atoms with Crippen LogP contribution >= 0.6 is 0 Å². The summed E-state index contributed by atoms with van der Waals surface area (Å²) in [6, 6.07) is 0. The molecule has 0 aromatic rings. The van der Waals surface area contributed by atoms with Gasteiger partial charge < -0.3 is 14.2 Å². The Bertz CT molecular complexity index is 1290. The molecule has 0 N–H and O–H groups in total. The molecular weight excluding hydrogens is 889 g/mol. The van der Waals surface area contributed by atoms with Crippen molar-refractivity contribution in [2.24, 2.45) is 0 Å². The zero-order valence-electron chi connectivity index (χ0n) is 47.9. The highest BCUT2D eigenvalue weighted by molar-refractivity contribution is 5.71. The molecule has 6 nitrogen and oxygen atoms in total. The molecule has 0 saturated carbocycles. The number of esters is 3. The SMILES string of the molecule is CC/C=C\C/C=C\C/C=C\C/C=C\CCCCCCCCC(=O)OC(COC(=O)CCCCCCCC)COC(=O)CCCCCCCCCCCCCCCCCCC/C=C\CCCCCCCCCC. The maximum atomic E-state index is 12.8. The molecule has 0 saturated heterocycles. The minimum absolute atomic E-state index is 0.0775. The second-order valence-electron chi connectivity index (χ2n) is 20.9. The molecule has 72 heavy (non-hydrogen) atoms. The summed E-state index contributed by atoms with van der Waals surface area (Å²) in [5, 5.41) is 0. The summed E-state index contributed by atoms with van der Waals surface area (Å²) in [7, 11) is 0. The van der Waals surface area contributed by atoms with E-state index < -0.39 is 6.10 Å². The van der Waals surface area contributed by atoms with Crippen molar-refractivity contribution in [3.8, 4) is 0 Å². The Morgan fingerprint density at radius 2 is 0.542 bits per heavy atom. The van der Waals surface area contributed by atoms with Crippen molar-refractivity contribution in [1.29, 1.82) is 0 Å². The van der Waals surface area contributed by atoms with Gasteiger partial charge in [0.2, 0.25) is 0 Å². The van der Waals surface area contributed by atoms with E-state index in [1.54, 1.807) is 0 Å². The van der Waals surface area contributed by atoms with Crippen molar-refractivity contribution >= 4 is 17.9 Å². The van der Waals surface area contributed by atoms with E-state index in [4.69, 9.17) is 14.2 Å². The van der Waals surface area contributed by atoms with Gasteiger partial charge in [-0.3, -0.25) is 14.4 Å². The molecule has 0 aromatic carbocycles. The second kappa shape index (κ2) is 60.7. The summed E-state index contributed by atoms with van der Waals surface area (Å²) >= 11 is 0. The largest absolute Gasteiger partial charge is 0.462 e. The van der Waals surface area contributed by atoms with Crippen LogP contribution in [0.25, 0.3) is 0 Å². The van der Waals surface area contributed by atoms with Gasteiger partial charge in [0.25, 0.3) is 0 Å². The third-order valence-electron chi connectivity index (χ3n) is 13.8. The first-order valence-electron chi connectivity index (χ1n) is 31.3. The molecule has 0 bridgehead atoms. The quantitative estimate of drug-likeness (QED) is 0.0261. The van der Waals surface area contributed by atoms with Crippen molar-refractivity contribution in [3.05, 3.63) is 60.8 Å². The van der Waals surface area contributed by atoms with E-state index in [-0.39, 0.29) is 31.1 Å². The van der Waals surface area contributed by atoms with Crippen LogP contribution in [-0.4, -0.2) is 37.2 Å². The lowest BCUT2D eigenvalue weighted by Crippen LogP contribution is -2.30. The number of carbonyl (C=O) groups excluding carboxylic acids is 3. The molecule has 1 atom stereocenters. The Morgan fingerprint density at radius 3 is 0.861 bits per heavy atom. The molecule has 0 rings (SSSR count). The summed E-state index contributed by atoms with van der Waals surface area (Å²) in [6.07, 6.45) is 77.0. The molecule has 0 aliphatic heterocycles. The average Bonchev–Trinajstić information content (AvgIpc) is 3.38. The van der Waals surface area contributed by atoms with Gasteiger partial charge >= 0.3 is 17.9 Å². The minimum Gasteiger partial charge on any atom is -0.462 e. The van der Waals surface area contributed by atoms with E-state index in [0.717, 1.165) is 96.3 Å². The van der Waals surface area contributed by atoms with Crippen molar-refractivity contribution in [3.63, 3.8) is 0 Å². The molecule has 6 heteroatoms. The average molecular weight is 1010 g/mol. The van der Waals surface area contributed by atoms with Crippen LogP contribution < -0.4 is 0 Å². The van der Waals surface area contributed by atoms with Crippen LogP contribution in [-0.2, 0) is 28.6 Å². The second-order valence-corrected chi connectivity index (χ2v) is 20.9. The number of hydrogen-bond donors (Lipinski definition) is 0. The van der Waals surface area contributed by atoms with Crippen LogP contribution in [0.4, 0.5) is 0 Å². The standard InChI is InChI=1S/C66H118O6/c1-4-7-10-13-16-18-20-22-24-26-28-29-30-31-32-33-34-35-36-37-39-40-42-44-46-48-50-53-56-59-65(68)71-62-63(61-70-64(67)58-55-52-15-12-9-6-3)72-66(69)60-57-54-51-49-47-45-43-41-38-27-25-23-21-19-17-14-11-8-5-2/h8,11,17,19,23,25-26,28,38,41,63H,4-7,9-10,12-16,18,20-22,24,27,29-37,39-40,42-62H2,1-3H3/b11-8-,19-17-,25-23-,28-26-,41-38-. The summed E-state index contributed by atoms with van der Waals surface area (Å²) in [6.45, 7) is 6.49. The van der Waals surface area contributed by atoms with E-state index in [0.29, 0.717) is 19.3 Å². The number of hydrogen-bond acceptors (Lipinski definition) is 6. The Hall–Kier alpha value is -2.89. The van der Waals surface area contributed by atoms with Crippen LogP contribution in [0.1, 0.15) is 323 Å². The number of unbranched alkanes of at least 4 members (excludes halogenated alkanes) is 36. The molecule has 418 valence electrons. The summed E-state index contributed by atoms with van der Waals surface area (Å²) in [4.78, 5) is 37.9. The smallest absolute Gasteiger partial charge is 0.306 e. The zero-order chi connectivity index (χ0) is 52.2. The van der Waals surface area contributed by atoms with Crippen LogP contribution in [0.15, 0.2) is 60.8 Å². The Morgan fingerprint density at radius 1 is 0.292 bits per heavy atom. The normalized spacial score (nSPS) is 12.4. The van der Waals surface area contributed by atoms with E-state index in [9.17, 15) is 14.4 Å².